The minimum Gasteiger partial charge on any atom is -0.479 e. The Morgan fingerprint density at radius 1 is 1.29 bits per heavy atom. The quantitative estimate of drug-likeness (QED) is 0.737. The molecular formula is C18H14BrN3O2. The second kappa shape index (κ2) is 6.77. The van der Waals surface area contributed by atoms with Gasteiger partial charge >= 0.3 is 0 Å². The fraction of sp³-hybridized carbons (Fsp3) is 0.111. The number of nitrogens with one attached hydrogen (secondary N) is 1. The summed E-state index contributed by atoms with van der Waals surface area (Å²) in [6, 6.07) is 16.7. The lowest BCUT2D eigenvalue weighted by Crippen LogP contribution is -2.16. The van der Waals surface area contributed by atoms with Crippen molar-refractivity contribution in [1.82, 2.24) is 4.57 Å². The van der Waals surface area contributed by atoms with E-state index in [0.29, 0.717) is 17.1 Å². The first-order chi connectivity index (χ1) is 11.6. The molecule has 0 spiro atoms. The van der Waals surface area contributed by atoms with Gasteiger partial charge in [0.25, 0.3) is 5.91 Å². The maximum atomic E-state index is 12.7. The number of nitrogens with zero attached hydrogens (tertiary/aromatic N) is 2. The molecule has 1 aromatic heterocycles. The van der Waals surface area contributed by atoms with E-state index in [-0.39, 0.29) is 12.5 Å². The molecule has 0 radical (unpaired) electrons. The standard InChI is InChI=1S/C18H14BrN3O2/c1-22-15-8-3-2-7-14(15)16(19)17(22)18(23)21-12-5-4-6-13(11-12)24-10-9-20/h2-8,11H,10H2,1H3,(H,21,23). The average Bonchev–Trinajstić information content (AvgIpc) is 2.85. The number of ether oxygens (including phenoxy) is 1. The van der Waals surface area contributed by atoms with Gasteiger partial charge < -0.3 is 14.6 Å². The Bertz CT molecular complexity index is 918. The smallest absolute Gasteiger partial charge is 0.273 e. The number of para-hydroxylation sites is 1. The van der Waals surface area contributed by atoms with E-state index in [1.807, 2.05) is 41.9 Å². The third-order valence-electron chi connectivity index (χ3n) is 3.66. The van der Waals surface area contributed by atoms with Gasteiger partial charge in [0.05, 0.1) is 4.47 Å². The number of carbonyl (C=O) groups is 1. The highest BCUT2D eigenvalue weighted by Gasteiger charge is 2.19. The third kappa shape index (κ3) is 2.99. The Balaban J connectivity index is 1.90. The summed E-state index contributed by atoms with van der Waals surface area (Å²) in [4.78, 5) is 12.7. The Morgan fingerprint density at radius 2 is 2.08 bits per heavy atom. The van der Waals surface area contributed by atoms with Gasteiger partial charge in [-0.3, -0.25) is 4.79 Å². The van der Waals surface area contributed by atoms with Crippen LogP contribution in [0.1, 0.15) is 10.5 Å². The summed E-state index contributed by atoms with van der Waals surface area (Å²) in [7, 11) is 1.86. The van der Waals surface area contributed by atoms with Gasteiger partial charge in [0.15, 0.2) is 6.61 Å². The molecule has 3 rings (SSSR count). The van der Waals surface area contributed by atoms with E-state index >= 15 is 0 Å². The average molecular weight is 384 g/mol. The summed E-state index contributed by atoms with van der Waals surface area (Å²) in [5, 5.41) is 12.4. The summed E-state index contributed by atoms with van der Waals surface area (Å²) >= 11 is 3.52. The zero-order valence-corrected chi connectivity index (χ0v) is 14.5. The molecule has 0 fully saturated rings. The second-order valence-corrected chi connectivity index (χ2v) is 5.96. The van der Waals surface area contributed by atoms with Gasteiger partial charge in [0, 0.05) is 29.7 Å². The van der Waals surface area contributed by atoms with Crippen LogP contribution in [0.25, 0.3) is 10.9 Å². The molecule has 0 saturated carbocycles. The van der Waals surface area contributed by atoms with Crippen molar-refractivity contribution in [1.29, 1.82) is 5.26 Å². The van der Waals surface area contributed by atoms with E-state index in [2.05, 4.69) is 21.2 Å². The van der Waals surface area contributed by atoms with Crippen molar-refractivity contribution >= 4 is 38.4 Å². The molecule has 0 aliphatic carbocycles. The molecule has 0 aliphatic heterocycles. The number of amides is 1. The van der Waals surface area contributed by atoms with Crippen molar-refractivity contribution < 1.29 is 9.53 Å². The van der Waals surface area contributed by atoms with Gasteiger partial charge in [-0.15, -0.1) is 0 Å². The SMILES string of the molecule is Cn1c(C(=O)Nc2cccc(OCC#N)c2)c(Br)c2ccccc21. The number of halogens is 1. The fourth-order valence-electron chi connectivity index (χ4n) is 2.57. The number of hydrogen-bond acceptors (Lipinski definition) is 3. The normalized spacial score (nSPS) is 10.4. The van der Waals surface area contributed by atoms with E-state index in [1.54, 1.807) is 24.3 Å². The van der Waals surface area contributed by atoms with Gasteiger partial charge in [-0.05, 0) is 34.1 Å². The number of benzene rings is 2. The van der Waals surface area contributed by atoms with Crippen molar-refractivity contribution in [3.8, 4) is 11.8 Å². The predicted octanol–water partition coefficient (Wildman–Crippen LogP) is 4.10. The van der Waals surface area contributed by atoms with Gasteiger partial charge in [-0.1, -0.05) is 24.3 Å². The number of nitriles is 1. The second-order valence-electron chi connectivity index (χ2n) is 5.17. The third-order valence-corrected chi connectivity index (χ3v) is 4.46. The highest BCUT2D eigenvalue weighted by molar-refractivity contribution is 9.10. The molecule has 1 amide bonds. The van der Waals surface area contributed by atoms with Crippen LogP contribution in [0.3, 0.4) is 0 Å². The van der Waals surface area contributed by atoms with Crippen LogP contribution in [0, 0.1) is 11.3 Å². The van der Waals surface area contributed by atoms with Crippen molar-refractivity contribution in [2.24, 2.45) is 7.05 Å². The van der Waals surface area contributed by atoms with E-state index < -0.39 is 0 Å². The molecule has 5 nitrogen and oxygen atoms in total. The minimum atomic E-state index is -0.224. The highest BCUT2D eigenvalue weighted by Crippen LogP contribution is 2.31. The van der Waals surface area contributed by atoms with E-state index in [9.17, 15) is 4.79 Å². The number of carbonyl (C=O) groups excluding carboxylic acids is 1. The first kappa shape index (κ1) is 16.1. The molecule has 1 N–H and O–H groups in total. The molecule has 3 aromatic rings. The van der Waals surface area contributed by atoms with Gasteiger partial charge in [0.2, 0.25) is 0 Å². The molecule has 6 heteroatoms. The summed E-state index contributed by atoms with van der Waals surface area (Å²) in [5.41, 5.74) is 2.12. The lowest BCUT2D eigenvalue weighted by molar-refractivity contribution is 0.101. The van der Waals surface area contributed by atoms with Crippen LogP contribution < -0.4 is 10.1 Å². The van der Waals surface area contributed by atoms with Crippen molar-refractivity contribution in [2.45, 2.75) is 0 Å². The maximum Gasteiger partial charge on any atom is 0.273 e. The van der Waals surface area contributed by atoms with Crippen LogP contribution in [0.15, 0.2) is 53.0 Å². The lowest BCUT2D eigenvalue weighted by atomic mass is 10.2. The van der Waals surface area contributed by atoms with E-state index in [4.69, 9.17) is 10.00 Å². The highest BCUT2D eigenvalue weighted by atomic mass is 79.9. The zero-order chi connectivity index (χ0) is 17.1. The topological polar surface area (TPSA) is 67.1 Å². The molecule has 2 aromatic carbocycles. The number of fused-ring (bicyclic) bond motifs is 1. The van der Waals surface area contributed by atoms with Crippen molar-refractivity contribution in [3.63, 3.8) is 0 Å². The first-order valence-electron chi connectivity index (χ1n) is 7.26. The molecule has 1 heterocycles. The molecule has 0 unspecified atom stereocenters. The van der Waals surface area contributed by atoms with Gasteiger partial charge in [-0.25, -0.2) is 0 Å². The van der Waals surface area contributed by atoms with Crippen LogP contribution in [-0.4, -0.2) is 17.1 Å². The number of rotatable bonds is 4. The number of aryl methyl sites for hydroxylation is 1. The summed E-state index contributed by atoms with van der Waals surface area (Å²) in [5.74, 6) is 0.309. The molecule has 24 heavy (non-hydrogen) atoms. The first-order valence-corrected chi connectivity index (χ1v) is 8.05. The van der Waals surface area contributed by atoms with Crippen molar-refractivity contribution in [3.05, 3.63) is 58.7 Å². The van der Waals surface area contributed by atoms with E-state index in [1.165, 1.54) is 0 Å². The van der Waals surface area contributed by atoms with Crippen LogP contribution in [0.5, 0.6) is 5.75 Å². The Hall–Kier alpha value is -2.78. The van der Waals surface area contributed by atoms with Crippen molar-refractivity contribution in [2.75, 3.05) is 11.9 Å². The van der Waals surface area contributed by atoms with Gasteiger partial charge in [0.1, 0.15) is 17.5 Å². The monoisotopic (exact) mass is 383 g/mol. The van der Waals surface area contributed by atoms with Crippen LogP contribution in [-0.2, 0) is 7.05 Å². The molecule has 0 saturated heterocycles. The van der Waals surface area contributed by atoms with Gasteiger partial charge in [-0.2, -0.15) is 5.26 Å². The number of hydrogen-bond donors (Lipinski definition) is 1. The molecule has 0 atom stereocenters. The number of anilines is 1. The molecular weight excluding hydrogens is 370 g/mol. The Kier molecular flexibility index (Phi) is 4.54. The van der Waals surface area contributed by atoms with Crippen LogP contribution in [0.2, 0.25) is 0 Å². The largest absolute Gasteiger partial charge is 0.479 e. The maximum absolute atomic E-state index is 12.7. The van der Waals surface area contributed by atoms with Crippen LogP contribution >= 0.6 is 15.9 Å². The summed E-state index contributed by atoms with van der Waals surface area (Å²) < 4.78 is 7.86. The Morgan fingerprint density at radius 3 is 2.83 bits per heavy atom. The Labute approximate surface area is 147 Å². The zero-order valence-electron chi connectivity index (χ0n) is 12.9. The molecule has 0 bridgehead atoms. The minimum absolute atomic E-state index is 0.0356. The molecule has 0 aliphatic rings. The molecule has 120 valence electrons. The fourth-order valence-corrected chi connectivity index (χ4v) is 3.35. The lowest BCUT2D eigenvalue weighted by Gasteiger charge is -2.09. The number of aromatic nitrogens is 1. The summed E-state index contributed by atoms with van der Waals surface area (Å²) in [6.07, 6.45) is 0. The summed E-state index contributed by atoms with van der Waals surface area (Å²) in [6.45, 7) is -0.0356. The van der Waals surface area contributed by atoms with E-state index in [0.717, 1.165) is 15.4 Å². The predicted molar refractivity (Wildman–Crippen MR) is 96.1 cm³/mol. The van der Waals surface area contributed by atoms with Crippen LogP contribution in [0.4, 0.5) is 5.69 Å².